The molecule has 4 aromatic rings. The Morgan fingerprint density at radius 3 is 2.47 bits per heavy atom. The van der Waals surface area contributed by atoms with E-state index in [1.54, 1.807) is 22.7 Å². The lowest BCUT2D eigenvalue weighted by molar-refractivity contribution is -0.122. The zero-order valence-electron chi connectivity index (χ0n) is 21.8. The van der Waals surface area contributed by atoms with Crippen LogP contribution in [0.1, 0.15) is 29.9 Å². The van der Waals surface area contributed by atoms with Crippen LogP contribution in [0.25, 0.3) is 16.9 Å². The molecule has 0 spiro atoms. The topological polar surface area (TPSA) is 103 Å². The number of aryl methyl sites for hydroxylation is 1. The highest BCUT2D eigenvalue weighted by Gasteiger charge is 2.43. The minimum atomic E-state index is -0.408. The van der Waals surface area contributed by atoms with Gasteiger partial charge in [0.1, 0.15) is 17.3 Å². The van der Waals surface area contributed by atoms with Crippen molar-refractivity contribution in [1.82, 2.24) is 24.9 Å². The van der Waals surface area contributed by atoms with Crippen LogP contribution in [0.2, 0.25) is 0 Å². The summed E-state index contributed by atoms with van der Waals surface area (Å²) in [6, 6.07) is 18.6. The smallest absolute Gasteiger partial charge is 0.320 e. The molecule has 2 aromatic heterocycles. The number of Topliss-reactive ketones (excluding diaryl/α,β-unsaturated/α-hetero) is 1. The first-order valence-corrected chi connectivity index (χ1v) is 12.8. The monoisotopic (exact) mass is 512 g/mol. The Morgan fingerprint density at radius 1 is 1.11 bits per heavy atom. The summed E-state index contributed by atoms with van der Waals surface area (Å²) in [7, 11) is 3.49. The molecule has 0 radical (unpaired) electrons. The molecule has 2 amide bonds. The van der Waals surface area contributed by atoms with E-state index in [9.17, 15) is 9.59 Å². The third-order valence-electron chi connectivity index (χ3n) is 7.13. The van der Waals surface area contributed by atoms with Crippen LogP contribution in [0, 0.1) is 12.8 Å². The van der Waals surface area contributed by atoms with Gasteiger partial charge in [-0.3, -0.25) is 14.8 Å². The van der Waals surface area contributed by atoms with Gasteiger partial charge in [0.25, 0.3) is 0 Å². The van der Waals surface area contributed by atoms with Gasteiger partial charge >= 0.3 is 6.03 Å². The number of urea groups is 1. The first-order valence-electron chi connectivity index (χ1n) is 12.8. The maximum atomic E-state index is 13.4. The Labute approximate surface area is 221 Å². The van der Waals surface area contributed by atoms with Crippen molar-refractivity contribution in [1.29, 1.82) is 0 Å². The lowest BCUT2D eigenvalue weighted by Gasteiger charge is -2.21. The summed E-state index contributed by atoms with van der Waals surface area (Å²) < 4.78 is 8.68. The Balaban J connectivity index is 1.43. The van der Waals surface area contributed by atoms with Crippen LogP contribution in [0.4, 0.5) is 10.6 Å². The van der Waals surface area contributed by atoms with Crippen LogP contribution < -0.4 is 10.6 Å². The number of nitrogens with one attached hydrogen (secondary N) is 2. The molecule has 2 N–H and O–H groups in total. The van der Waals surface area contributed by atoms with Gasteiger partial charge in [0.05, 0.1) is 17.8 Å². The second-order valence-corrected chi connectivity index (χ2v) is 9.68. The van der Waals surface area contributed by atoms with Gasteiger partial charge in [-0.2, -0.15) is 10.2 Å². The van der Waals surface area contributed by atoms with Gasteiger partial charge in [-0.25, -0.2) is 9.48 Å². The van der Waals surface area contributed by atoms with Crippen molar-refractivity contribution in [3.05, 3.63) is 84.2 Å². The molecule has 0 aliphatic heterocycles. The fourth-order valence-corrected chi connectivity index (χ4v) is 5.26. The molecule has 9 heteroatoms. The van der Waals surface area contributed by atoms with Crippen LogP contribution >= 0.6 is 0 Å². The number of para-hydroxylation sites is 1. The van der Waals surface area contributed by atoms with Crippen LogP contribution in [0.3, 0.4) is 0 Å². The summed E-state index contributed by atoms with van der Waals surface area (Å²) in [4.78, 5) is 26.8. The molecular formula is C29H32N6O3. The number of amides is 2. The standard InChI is InChI=1S/C29H32N6O3/c1-19-26(22-17-30-34(2)18-22)33-35(23-12-8-5-9-13-23)28(19)32-29(37)31-24-16-21(14-15-38-3)27(36)25(24)20-10-6-4-7-11-20/h4-13,17-18,21,24-25H,14-16H2,1-3H3,(H2,31,32,37)/t21-,24-,25+/m1/s1. The van der Waals surface area contributed by atoms with E-state index in [1.165, 1.54) is 0 Å². The molecule has 0 saturated heterocycles. The summed E-state index contributed by atoms with van der Waals surface area (Å²) in [6.45, 7) is 2.43. The fourth-order valence-electron chi connectivity index (χ4n) is 5.26. The second-order valence-electron chi connectivity index (χ2n) is 9.68. The first kappa shape index (κ1) is 25.4. The van der Waals surface area contributed by atoms with Crippen LogP contribution in [0.15, 0.2) is 73.1 Å². The third kappa shape index (κ3) is 5.10. The number of ketones is 1. The van der Waals surface area contributed by atoms with E-state index in [1.807, 2.05) is 80.8 Å². The summed E-state index contributed by atoms with van der Waals surface area (Å²) in [5.41, 5.74) is 4.13. The van der Waals surface area contributed by atoms with E-state index in [4.69, 9.17) is 9.84 Å². The SMILES string of the molecule is COCC[C@@H]1C[C@@H](NC(=O)Nc2c(C)c(-c3cnn(C)c3)nn2-c2ccccc2)[C@H](c2ccccc2)C1=O. The Bertz CT molecular complexity index is 1410. The number of hydrogen-bond donors (Lipinski definition) is 2. The number of methoxy groups -OCH3 is 1. The Morgan fingerprint density at radius 2 is 1.82 bits per heavy atom. The number of nitrogens with zero attached hydrogens (tertiary/aromatic N) is 4. The van der Waals surface area contributed by atoms with Gasteiger partial charge in [0.15, 0.2) is 0 Å². The lowest BCUT2D eigenvalue weighted by Crippen LogP contribution is -2.40. The van der Waals surface area contributed by atoms with Gasteiger partial charge in [0.2, 0.25) is 0 Å². The van der Waals surface area contributed by atoms with Gasteiger partial charge in [-0.05, 0) is 37.5 Å². The molecule has 38 heavy (non-hydrogen) atoms. The van der Waals surface area contributed by atoms with Crippen LogP contribution in [-0.2, 0) is 16.6 Å². The van der Waals surface area contributed by atoms with Crippen molar-refractivity contribution in [2.45, 2.75) is 31.7 Å². The average Bonchev–Trinajstić information content (AvgIpc) is 3.59. The van der Waals surface area contributed by atoms with E-state index in [0.29, 0.717) is 25.3 Å². The lowest BCUT2D eigenvalue weighted by atomic mass is 9.92. The van der Waals surface area contributed by atoms with Crippen molar-refractivity contribution in [2.75, 3.05) is 19.0 Å². The zero-order valence-corrected chi connectivity index (χ0v) is 21.8. The Hall–Kier alpha value is -4.24. The van der Waals surface area contributed by atoms with Crippen molar-refractivity contribution >= 4 is 17.6 Å². The highest BCUT2D eigenvalue weighted by atomic mass is 16.5. The predicted molar refractivity (Wildman–Crippen MR) is 145 cm³/mol. The van der Waals surface area contributed by atoms with E-state index >= 15 is 0 Å². The predicted octanol–water partition coefficient (Wildman–Crippen LogP) is 4.48. The summed E-state index contributed by atoms with van der Waals surface area (Å²) in [6.07, 6.45) is 4.84. The molecule has 0 bridgehead atoms. The molecule has 9 nitrogen and oxygen atoms in total. The fraction of sp³-hybridized carbons (Fsp3) is 0.310. The maximum absolute atomic E-state index is 13.4. The molecule has 1 aliphatic carbocycles. The molecule has 3 atom stereocenters. The van der Waals surface area contributed by atoms with Crippen molar-refractivity contribution < 1.29 is 14.3 Å². The number of rotatable bonds is 8. The third-order valence-corrected chi connectivity index (χ3v) is 7.13. The van der Waals surface area contributed by atoms with Crippen LogP contribution in [0.5, 0.6) is 0 Å². The van der Waals surface area contributed by atoms with E-state index < -0.39 is 5.92 Å². The normalized spacial score (nSPS) is 19.0. The molecule has 1 aliphatic rings. The molecule has 2 aromatic carbocycles. The largest absolute Gasteiger partial charge is 0.385 e. The molecule has 1 saturated carbocycles. The quantitative estimate of drug-likeness (QED) is 0.362. The Kier molecular flexibility index (Phi) is 7.37. The van der Waals surface area contributed by atoms with Gasteiger partial charge in [-0.15, -0.1) is 0 Å². The van der Waals surface area contributed by atoms with Crippen molar-refractivity contribution in [2.24, 2.45) is 13.0 Å². The highest BCUT2D eigenvalue weighted by Crippen LogP contribution is 2.37. The molecule has 1 fully saturated rings. The molecule has 2 heterocycles. The van der Waals surface area contributed by atoms with E-state index in [2.05, 4.69) is 15.7 Å². The number of carbonyl (C=O) groups is 2. The highest BCUT2D eigenvalue weighted by molar-refractivity contribution is 5.95. The number of aromatic nitrogens is 4. The second kappa shape index (κ2) is 11.0. The van der Waals surface area contributed by atoms with E-state index in [0.717, 1.165) is 28.1 Å². The first-order chi connectivity index (χ1) is 18.5. The van der Waals surface area contributed by atoms with Gasteiger partial charge < -0.3 is 10.1 Å². The molecular weight excluding hydrogens is 480 g/mol. The average molecular weight is 513 g/mol. The van der Waals surface area contributed by atoms with Gasteiger partial charge in [-0.1, -0.05) is 48.5 Å². The van der Waals surface area contributed by atoms with Crippen molar-refractivity contribution in [3.8, 4) is 16.9 Å². The zero-order chi connectivity index (χ0) is 26.6. The van der Waals surface area contributed by atoms with E-state index in [-0.39, 0.29) is 23.8 Å². The number of hydrogen-bond acceptors (Lipinski definition) is 5. The number of anilines is 1. The number of carbonyl (C=O) groups excluding carboxylic acids is 2. The molecule has 5 rings (SSSR count). The number of benzene rings is 2. The summed E-state index contributed by atoms with van der Waals surface area (Å²) in [5, 5.41) is 15.2. The summed E-state index contributed by atoms with van der Waals surface area (Å²) >= 11 is 0. The molecule has 0 unspecified atom stereocenters. The summed E-state index contributed by atoms with van der Waals surface area (Å²) in [5.74, 6) is 0.126. The van der Waals surface area contributed by atoms with Gasteiger partial charge in [0, 0.05) is 50.0 Å². The van der Waals surface area contributed by atoms with Crippen molar-refractivity contribution in [3.63, 3.8) is 0 Å². The molecule has 196 valence electrons. The van der Waals surface area contributed by atoms with Crippen LogP contribution in [-0.4, -0.2) is 51.1 Å². The minimum absolute atomic E-state index is 0.142. The minimum Gasteiger partial charge on any atom is -0.385 e. The maximum Gasteiger partial charge on any atom is 0.320 e. The number of ether oxygens (including phenoxy) is 1.